The first kappa shape index (κ1) is 12.9. The SMILES string of the molecule is O=S(OCC(F)(F)F)Oc1ccc(F)cc1. The summed E-state index contributed by atoms with van der Waals surface area (Å²) < 4.78 is 66.5. The van der Waals surface area contributed by atoms with E-state index in [4.69, 9.17) is 0 Å². The molecule has 0 aliphatic rings. The molecule has 0 bridgehead atoms. The van der Waals surface area contributed by atoms with E-state index in [0.29, 0.717) is 0 Å². The number of benzene rings is 1. The summed E-state index contributed by atoms with van der Waals surface area (Å²) in [6.07, 6.45) is -4.58. The zero-order valence-corrected chi connectivity index (χ0v) is 8.48. The molecular weight excluding hydrogens is 252 g/mol. The molecule has 16 heavy (non-hydrogen) atoms. The zero-order chi connectivity index (χ0) is 12.2. The fraction of sp³-hybridized carbons (Fsp3) is 0.250. The molecule has 0 heterocycles. The highest BCUT2D eigenvalue weighted by Gasteiger charge is 2.29. The van der Waals surface area contributed by atoms with Crippen molar-refractivity contribution in [3.8, 4) is 5.75 Å². The second-order valence-corrected chi connectivity index (χ2v) is 3.43. The minimum Gasteiger partial charge on any atom is -0.380 e. The molecule has 0 saturated heterocycles. The van der Waals surface area contributed by atoms with Crippen molar-refractivity contribution in [1.82, 2.24) is 0 Å². The molecule has 0 amide bonds. The van der Waals surface area contributed by atoms with E-state index in [-0.39, 0.29) is 5.75 Å². The molecule has 1 rings (SSSR count). The summed E-state index contributed by atoms with van der Waals surface area (Å²) in [7, 11) is 0. The Morgan fingerprint density at radius 1 is 1.19 bits per heavy atom. The summed E-state index contributed by atoms with van der Waals surface area (Å²) in [6, 6.07) is 4.25. The Kier molecular flexibility index (Phi) is 4.25. The summed E-state index contributed by atoms with van der Waals surface area (Å²) in [5, 5.41) is 0. The lowest BCUT2D eigenvalue weighted by Gasteiger charge is -2.06. The zero-order valence-electron chi connectivity index (χ0n) is 7.66. The summed E-state index contributed by atoms with van der Waals surface area (Å²) in [4.78, 5) is 0. The lowest BCUT2D eigenvalue weighted by Crippen LogP contribution is -2.19. The van der Waals surface area contributed by atoms with Gasteiger partial charge in [0.1, 0.15) is 11.6 Å². The third-order valence-electron chi connectivity index (χ3n) is 1.30. The van der Waals surface area contributed by atoms with Crippen LogP contribution in [0.4, 0.5) is 17.6 Å². The van der Waals surface area contributed by atoms with Crippen LogP contribution in [0.1, 0.15) is 0 Å². The average molecular weight is 258 g/mol. The summed E-state index contributed by atoms with van der Waals surface area (Å²) in [5.74, 6) is -0.601. The smallest absolute Gasteiger partial charge is 0.380 e. The second-order valence-electron chi connectivity index (χ2n) is 2.62. The number of hydrogen-bond donors (Lipinski definition) is 0. The molecular formula is C8H6F4O3S. The molecule has 1 aromatic rings. The first-order valence-corrected chi connectivity index (χ1v) is 4.92. The molecule has 0 aromatic heterocycles. The monoisotopic (exact) mass is 258 g/mol. The predicted octanol–water partition coefficient (Wildman–Crippen LogP) is 2.36. The Labute approximate surface area is 90.8 Å². The van der Waals surface area contributed by atoms with E-state index in [1.165, 1.54) is 0 Å². The third kappa shape index (κ3) is 5.08. The average Bonchev–Trinajstić information content (AvgIpc) is 2.18. The minimum atomic E-state index is -4.58. The molecule has 0 saturated carbocycles. The molecule has 1 atom stereocenters. The molecule has 0 aliphatic carbocycles. The van der Waals surface area contributed by atoms with Crippen molar-refractivity contribution in [2.24, 2.45) is 0 Å². The third-order valence-corrected chi connectivity index (χ3v) is 1.94. The molecule has 3 nitrogen and oxygen atoms in total. The van der Waals surface area contributed by atoms with Gasteiger partial charge in [-0.25, -0.2) is 8.57 Å². The van der Waals surface area contributed by atoms with E-state index in [2.05, 4.69) is 8.37 Å². The molecule has 0 radical (unpaired) electrons. The predicted molar refractivity (Wildman–Crippen MR) is 47.2 cm³/mol. The van der Waals surface area contributed by atoms with Crippen molar-refractivity contribution in [2.45, 2.75) is 6.18 Å². The van der Waals surface area contributed by atoms with Gasteiger partial charge in [0.2, 0.25) is 0 Å². The van der Waals surface area contributed by atoms with Crippen LogP contribution in [0.5, 0.6) is 5.75 Å². The highest BCUT2D eigenvalue weighted by Crippen LogP contribution is 2.17. The number of hydrogen-bond acceptors (Lipinski definition) is 3. The Hall–Kier alpha value is -1.15. The van der Waals surface area contributed by atoms with Crippen LogP contribution in [-0.4, -0.2) is 17.0 Å². The maximum Gasteiger partial charge on any atom is 0.413 e. The second kappa shape index (κ2) is 5.26. The van der Waals surface area contributed by atoms with Gasteiger partial charge < -0.3 is 4.18 Å². The molecule has 0 spiro atoms. The molecule has 0 fully saturated rings. The van der Waals surface area contributed by atoms with Gasteiger partial charge in [-0.15, -0.1) is 0 Å². The van der Waals surface area contributed by atoms with Gasteiger partial charge in [-0.3, -0.25) is 0 Å². The maximum atomic E-state index is 12.4. The number of alkyl halides is 3. The lowest BCUT2D eigenvalue weighted by molar-refractivity contribution is -0.152. The van der Waals surface area contributed by atoms with E-state index >= 15 is 0 Å². The van der Waals surface area contributed by atoms with Crippen LogP contribution in [0.2, 0.25) is 0 Å². The van der Waals surface area contributed by atoms with Crippen molar-refractivity contribution in [3.63, 3.8) is 0 Å². The van der Waals surface area contributed by atoms with E-state index in [0.717, 1.165) is 24.3 Å². The summed E-state index contributed by atoms with van der Waals surface area (Å²) in [6.45, 7) is -1.68. The summed E-state index contributed by atoms with van der Waals surface area (Å²) >= 11 is -2.57. The largest absolute Gasteiger partial charge is 0.413 e. The molecule has 1 unspecified atom stereocenters. The molecule has 0 N–H and O–H groups in total. The fourth-order valence-corrected chi connectivity index (χ4v) is 1.25. The highest BCUT2D eigenvalue weighted by atomic mass is 32.2. The molecule has 90 valence electrons. The molecule has 0 aliphatic heterocycles. The van der Waals surface area contributed by atoms with Gasteiger partial charge in [-0.05, 0) is 24.3 Å². The van der Waals surface area contributed by atoms with Crippen LogP contribution in [0, 0.1) is 5.82 Å². The number of halogens is 4. The van der Waals surface area contributed by atoms with E-state index in [1.807, 2.05) is 0 Å². The Bertz CT molecular complexity index is 363. The van der Waals surface area contributed by atoms with Crippen molar-refractivity contribution in [3.05, 3.63) is 30.1 Å². The van der Waals surface area contributed by atoms with Crippen molar-refractivity contribution in [2.75, 3.05) is 6.61 Å². The Balaban J connectivity index is 2.43. The highest BCUT2D eigenvalue weighted by molar-refractivity contribution is 7.75. The van der Waals surface area contributed by atoms with Gasteiger partial charge in [-0.2, -0.15) is 17.4 Å². The topological polar surface area (TPSA) is 35.5 Å². The van der Waals surface area contributed by atoms with E-state index in [1.54, 1.807) is 0 Å². The maximum absolute atomic E-state index is 12.4. The fourth-order valence-electron chi connectivity index (χ4n) is 0.708. The van der Waals surface area contributed by atoms with Crippen molar-refractivity contribution < 1.29 is 30.1 Å². The van der Waals surface area contributed by atoms with Crippen LogP contribution in [-0.2, 0) is 15.5 Å². The van der Waals surface area contributed by atoms with Gasteiger partial charge in [0.15, 0.2) is 6.61 Å². The molecule has 1 aromatic carbocycles. The van der Waals surface area contributed by atoms with E-state index < -0.39 is 30.0 Å². The van der Waals surface area contributed by atoms with Gasteiger partial charge in [-0.1, -0.05) is 0 Å². The first-order chi connectivity index (χ1) is 7.37. The van der Waals surface area contributed by atoms with Crippen molar-refractivity contribution in [1.29, 1.82) is 0 Å². The quantitative estimate of drug-likeness (QED) is 0.778. The van der Waals surface area contributed by atoms with Gasteiger partial charge in [0.25, 0.3) is 0 Å². The lowest BCUT2D eigenvalue weighted by atomic mass is 10.3. The van der Waals surface area contributed by atoms with Gasteiger partial charge in [0, 0.05) is 0 Å². The van der Waals surface area contributed by atoms with Crippen LogP contribution in [0.15, 0.2) is 24.3 Å². The van der Waals surface area contributed by atoms with Crippen LogP contribution >= 0.6 is 0 Å². The van der Waals surface area contributed by atoms with E-state index in [9.17, 15) is 21.8 Å². The van der Waals surface area contributed by atoms with Gasteiger partial charge in [0.05, 0.1) is 0 Å². The minimum absolute atomic E-state index is 0.0538. The Morgan fingerprint density at radius 3 is 2.25 bits per heavy atom. The van der Waals surface area contributed by atoms with Crippen LogP contribution in [0.25, 0.3) is 0 Å². The normalized spacial score (nSPS) is 13.5. The van der Waals surface area contributed by atoms with Crippen molar-refractivity contribution >= 4 is 11.4 Å². The van der Waals surface area contributed by atoms with Crippen LogP contribution < -0.4 is 4.18 Å². The van der Waals surface area contributed by atoms with Gasteiger partial charge >= 0.3 is 17.5 Å². The summed E-state index contributed by atoms with van der Waals surface area (Å²) in [5.41, 5.74) is 0. The first-order valence-electron chi connectivity index (χ1n) is 3.92. The van der Waals surface area contributed by atoms with Crippen LogP contribution in [0.3, 0.4) is 0 Å². The molecule has 8 heteroatoms. The standard InChI is InChI=1S/C8H6F4O3S/c9-6-1-3-7(4-2-6)15-16(13)14-5-8(10,11)12/h1-4H,5H2. The number of rotatable bonds is 4. The Morgan fingerprint density at radius 2 is 1.75 bits per heavy atom.